The van der Waals surface area contributed by atoms with Gasteiger partial charge in [0.2, 0.25) is 0 Å². The molecule has 2 aliphatic carbocycles. The Hall–Kier alpha value is -0.330. The number of carbonyl (C=O) groups excluding carboxylic acids is 1. The van der Waals surface area contributed by atoms with Gasteiger partial charge >= 0.3 is 0 Å². The van der Waals surface area contributed by atoms with Gasteiger partial charge in [-0.1, -0.05) is 13.8 Å². The van der Waals surface area contributed by atoms with Crippen LogP contribution in [-0.4, -0.2) is 5.78 Å². The molecule has 2 rings (SSSR count). The number of fused-ring (bicyclic) bond motifs is 2. The van der Waals surface area contributed by atoms with E-state index in [9.17, 15) is 4.79 Å². The molecule has 0 saturated heterocycles. The summed E-state index contributed by atoms with van der Waals surface area (Å²) in [4.78, 5) is 11.1. The van der Waals surface area contributed by atoms with Crippen molar-refractivity contribution in [2.24, 2.45) is 17.3 Å². The Morgan fingerprint density at radius 1 is 1.50 bits per heavy atom. The first kappa shape index (κ1) is 6.38. The van der Waals surface area contributed by atoms with Gasteiger partial charge in [-0.3, -0.25) is 4.79 Å². The van der Waals surface area contributed by atoms with E-state index in [-0.39, 0.29) is 0 Å². The zero-order valence-electron chi connectivity index (χ0n) is 6.68. The molecule has 0 spiro atoms. The van der Waals surface area contributed by atoms with Crippen LogP contribution in [0.5, 0.6) is 0 Å². The molecular formula is C9H14O. The molecule has 0 aromatic carbocycles. The van der Waals surface area contributed by atoms with E-state index < -0.39 is 0 Å². The van der Waals surface area contributed by atoms with Gasteiger partial charge in [-0.05, 0) is 24.2 Å². The van der Waals surface area contributed by atoms with Crippen molar-refractivity contribution in [2.75, 3.05) is 0 Å². The first-order valence-corrected chi connectivity index (χ1v) is 4.12. The average Bonchev–Trinajstić information content (AvgIpc) is 2.21. The molecule has 2 aliphatic rings. The smallest absolute Gasteiger partial charge is 0.136 e. The van der Waals surface area contributed by atoms with Gasteiger partial charge in [-0.25, -0.2) is 0 Å². The molecular weight excluding hydrogens is 124 g/mol. The fourth-order valence-electron chi connectivity index (χ4n) is 2.56. The van der Waals surface area contributed by atoms with E-state index in [2.05, 4.69) is 13.8 Å². The predicted molar refractivity (Wildman–Crippen MR) is 39.6 cm³/mol. The highest BCUT2D eigenvalue weighted by molar-refractivity contribution is 5.84. The van der Waals surface area contributed by atoms with Crippen molar-refractivity contribution in [3.05, 3.63) is 0 Å². The number of hydrogen-bond donors (Lipinski definition) is 0. The van der Waals surface area contributed by atoms with Gasteiger partial charge in [-0.2, -0.15) is 0 Å². The van der Waals surface area contributed by atoms with Crippen LogP contribution in [-0.2, 0) is 4.79 Å². The lowest BCUT2D eigenvalue weighted by Crippen LogP contribution is -2.24. The van der Waals surface area contributed by atoms with E-state index in [1.54, 1.807) is 0 Å². The summed E-state index contributed by atoms with van der Waals surface area (Å²) in [6.45, 7) is 4.59. The van der Waals surface area contributed by atoms with E-state index in [1.807, 2.05) is 0 Å². The first-order valence-electron chi connectivity index (χ1n) is 4.12. The molecule has 1 heteroatoms. The Morgan fingerprint density at radius 3 is 2.50 bits per heavy atom. The zero-order valence-corrected chi connectivity index (χ0v) is 6.68. The summed E-state index contributed by atoms with van der Waals surface area (Å²) >= 11 is 0. The number of carbonyl (C=O) groups is 1. The molecule has 0 aliphatic heterocycles. The molecule has 1 unspecified atom stereocenters. The fraction of sp³-hybridized carbons (Fsp3) is 0.889. The first-order chi connectivity index (χ1) is 4.59. The Morgan fingerprint density at radius 2 is 2.20 bits per heavy atom. The summed E-state index contributed by atoms with van der Waals surface area (Å²) in [5.41, 5.74) is 0.471. The molecule has 0 aromatic rings. The summed E-state index contributed by atoms with van der Waals surface area (Å²) in [5.74, 6) is 1.69. The lowest BCUT2D eigenvalue weighted by molar-refractivity contribution is -0.123. The molecule has 2 atom stereocenters. The molecule has 0 radical (unpaired) electrons. The highest BCUT2D eigenvalue weighted by Crippen LogP contribution is 2.53. The minimum atomic E-state index is 0.444. The van der Waals surface area contributed by atoms with Crippen LogP contribution < -0.4 is 0 Å². The van der Waals surface area contributed by atoms with Gasteiger partial charge in [0.05, 0.1) is 0 Å². The summed E-state index contributed by atoms with van der Waals surface area (Å²) < 4.78 is 0. The maximum Gasteiger partial charge on any atom is 0.136 e. The largest absolute Gasteiger partial charge is 0.299 e. The van der Waals surface area contributed by atoms with Crippen LogP contribution in [0.4, 0.5) is 0 Å². The Bertz CT molecular complexity index is 181. The van der Waals surface area contributed by atoms with Crippen molar-refractivity contribution < 1.29 is 4.79 Å². The van der Waals surface area contributed by atoms with Gasteiger partial charge in [0.25, 0.3) is 0 Å². The summed E-state index contributed by atoms with van der Waals surface area (Å²) in [6.07, 6.45) is 3.21. The minimum Gasteiger partial charge on any atom is -0.299 e. The van der Waals surface area contributed by atoms with Crippen LogP contribution in [0.1, 0.15) is 33.1 Å². The number of rotatable bonds is 0. The Kier molecular flexibility index (Phi) is 1.04. The summed E-state index contributed by atoms with van der Waals surface area (Å²) in [5, 5.41) is 0. The van der Waals surface area contributed by atoms with E-state index in [4.69, 9.17) is 0 Å². The maximum absolute atomic E-state index is 11.1. The third-order valence-corrected chi connectivity index (χ3v) is 3.35. The summed E-state index contributed by atoms with van der Waals surface area (Å²) in [6, 6.07) is 0. The van der Waals surface area contributed by atoms with Gasteiger partial charge in [-0.15, -0.1) is 0 Å². The van der Waals surface area contributed by atoms with Gasteiger partial charge in [0.15, 0.2) is 0 Å². The SMILES string of the molecule is CC1(C)C[C@H]2CC1CC2=O. The second kappa shape index (κ2) is 1.63. The molecule has 10 heavy (non-hydrogen) atoms. The topological polar surface area (TPSA) is 17.1 Å². The van der Waals surface area contributed by atoms with Gasteiger partial charge < -0.3 is 0 Å². The lowest BCUT2D eigenvalue weighted by atomic mass is 9.76. The average molecular weight is 138 g/mol. The van der Waals surface area contributed by atoms with Crippen molar-refractivity contribution >= 4 is 5.78 Å². The molecule has 2 saturated carbocycles. The Labute approximate surface area is 61.8 Å². The highest BCUT2D eigenvalue weighted by Gasteiger charge is 2.49. The van der Waals surface area contributed by atoms with Gasteiger partial charge in [0.1, 0.15) is 5.78 Å². The quantitative estimate of drug-likeness (QED) is 0.500. The monoisotopic (exact) mass is 138 g/mol. The molecule has 1 nitrogen and oxygen atoms in total. The fourth-order valence-corrected chi connectivity index (χ4v) is 2.56. The minimum absolute atomic E-state index is 0.444. The molecule has 0 aromatic heterocycles. The van der Waals surface area contributed by atoms with Gasteiger partial charge in [0, 0.05) is 12.3 Å². The molecule has 0 N–H and O–H groups in total. The molecule has 0 heterocycles. The van der Waals surface area contributed by atoms with Crippen LogP contribution in [0.2, 0.25) is 0 Å². The van der Waals surface area contributed by atoms with Crippen LogP contribution in [0, 0.1) is 17.3 Å². The standard InChI is InChI=1S/C9H14O/c1-9(2)5-6-3-7(9)4-8(6)10/h6-7H,3-5H2,1-2H3/t6-,7?/m1/s1. The van der Waals surface area contributed by atoms with E-state index >= 15 is 0 Å². The van der Waals surface area contributed by atoms with E-state index in [0.717, 1.165) is 12.8 Å². The second-order valence-electron chi connectivity index (χ2n) is 4.49. The zero-order chi connectivity index (χ0) is 7.35. The molecule has 2 bridgehead atoms. The number of hydrogen-bond acceptors (Lipinski definition) is 1. The van der Waals surface area contributed by atoms with E-state index in [1.165, 1.54) is 6.42 Å². The van der Waals surface area contributed by atoms with Crippen molar-refractivity contribution in [3.8, 4) is 0 Å². The number of Topliss-reactive ketones (excluding diaryl/α,β-unsaturated/α-hetero) is 1. The van der Waals surface area contributed by atoms with Crippen LogP contribution in [0.25, 0.3) is 0 Å². The normalized spacial score (nSPS) is 42.8. The second-order valence-corrected chi connectivity index (χ2v) is 4.49. The van der Waals surface area contributed by atoms with Crippen LogP contribution in [0.3, 0.4) is 0 Å². The van der Waals surface area contributed by atoms with Crippen molar-refractivity contribution in [2.45, 2.75) is 33.1 Å². The van der Waals surface area contributed by atoms with Crippen LogP contribution in [0.15, 0.2) is 0 Å². The van der Waals surface area contributed by atoms with E-state index in [0.29, 0.717) is 23.0 Å². The molecule has 2 fully saturated rings. The third-order valence-electron chi connectivity index (χ3n) is 3.35. The van der Waals surface area contributed by atoms with Crippen molar-refractivity contribution in [3.63, 3.8) is 0 Å². The molecule has 56 valence electrons. The number of ketones is 1. The predicted octanol–water partition coefficient (Wildman–Crippen LogP) is 2.01. The van der Waals surface area contributed by atoms with Crippen molar-refractivity contribution in [1.29, 1.82) is 0 Å². The Balaban J connectivity index is 2.24. The summed E-state index contributed by atoms with van der Waals surface area (Å²) in [7, 11) is 0. The van der Waals surface area contributed by atoms with Crippen LogP contribution >= 0.6 is 0 Å². The lowest BCUT2D eigenvalue weighted by Gasteiger charge is -2.28. The highest BCUT2D eigenvalue weighted by atomic mass is 16.1. The maximum atomic E-state index is 11.1. The van der Waals surface area contributed by atoms with Crippen molar-refractivity contribution in [1.82, 2.24) is 0 Å². The molecule has 0 amide bonds. The third kappa shape index (κ3) is 0.664.